The molecule has 6 nitrogen and oxygen atoms in total. The molecule has 7 heteroatoms. The predicted octanol–water partition coefficient (Wildman–Crippen LogP) is 4.24. The number of hydrogen-bond donors (Lipinski definition) is 0. The van der Waals surface area contributed by atoms with Crippen molar-refractivity contribution in [2.75, 3.05) is 6.61 Å². The van der Waals surface area contributed by atoms with Gasteiger partial charge in [0.2, 0.25) is 0 Å². The van der Waals surface area contributed by atoms with Gasteiger partial charge in [0.05, 0.1) is 46.2 Å². The highest BCUT2D eigenvalue weighted by Gasteiger charge is 2.26. The molecule has 0 bridgehead atoms. The quantitative estimate of drug-likeness (QED) is 0.524. The zero-order valence-electron chi connectivity index (χ0n) is 15.5. The molecule has 0 amide bonds. The maximum absolute atomic E-state index is 9.38. The van der Waals surface area contributed by atoms with Crippen molar-refractivity contribution in [3.8, 4) is 6.07 Å². The fraction of sp³-hybridized carbons (Fsp3) is 0.333. The zero-order chi connectivity index (χ0) is 19.1. The van der Waals surface area contributed by atoms with Crippen LogP contribution in [0.5, 0.6) is 0 Å². The van der Waals surface area contributed by atoms with Gasteiger partial charge < -0.3 is 9.30 Å². The molecule has 1 aliphatic heterocycles. The molecule has 0 radical (unpaired) electrons. The van der Waals surface area contributed by atoms with Crippen molar-refractivity contribution in [2.45, 2.75) is 38.3 Å². The van der Waals surface area contributed by atoms with Crippen molar-refractivity contribution in [2.24, 2.45) is 0 Å². The first-order chi connectivity index (χ1) is 13.7. The van der Waals surface area contributed by atoms with Crippen LogP contribution in [0.4, 0.5) is 0 Å². The summed E-state index contributed by atoms with van der Waals surface area (Å²) in [4.78, 5) is 14.0. The first-order valence-electron chi connectivity index (χ1n) is 9.41. The van der Waals surface area contributed by atoms with Crippen LogP contribution in [0, 0.1) is 11.3 Å². The van der Waals surface area contributed by atoms with Gasteiger partial charge in [-0.05, 0) is 38.0 Å². The van der Waals surface area contributed by atoms with E-state index in [1.54, 1.807) is 11.3 Å². The Balaban J connectivity index is 1.77. The molecule has 0 saturated carbocycles. The van der Waals surface area contributed by atoms with Crippen molar-refractivity contribution >= 4 is 33.3 Å². The highest BCUT2D eigenvalue weighted by molar-refractivity contribution is 7.07. The number of imidazole rings is 1. The topological polar surface area (TPSA) is 76.6 Å². The molecule has 1 fully saturated rings. The maximum atomic E-state index is 9.38. The van der Waals surface area contributed by atoms with Crippen LogP contribution >= 0.6 is 11.3 Å². The van der Waals surface area contributed by atoms with Crippen LogP contribution < -0.4 is 0 Å². The molecule has 4 aromatic rings. The van der Waals surface area contributed by atoms with Crippen LogP contribution in [-0.2, 0) is 11.2 Å². The first-order valence-corrected chi connectivity index (χ1v) is 10.4. The lowest BCUT2D eigenvalue weighted by molar-refractivity contribution is 0.00631. The van der Waals surface area contributed by atoms with Crippen LogP contribution in [-0.4, -0.2) is 32.2 Å². The van der Waals surface area contributed by atoms with Crippen molar-refractivity contribution in [3.63, 3.8) is 0 Å². The Hall–Kier alpha value is -2.82. The summed E-state index contributed by atoms with van der Waals surface area (Å²) in [5.74, 6) is 0.997. The Bertz CT molecular complexity index is 1190. The second-order valence-corrected chi connectivity index (χ2v) is 7.97. The molecule has 1 saturated heterocycles. The molecule has 5 rings (SSSR count). The number of hydrogen-bond acceptors (Lipinski definition) is 6. The predicted molar refractivity (Wildman–Crippen MR) is 108 cm³/mol. The van der Waals surface area contributed by atoms with E-state index in [2.05, 4.69) is 32.9 Å². The molecule has 0 N–H and O–H groups in total. The van der Waals surface area contributed by atoms with E-state index in [-0.39, 0.29) is 6.10 Å². The van der Waals surface area contributed by atoms with Gasteiger partial charge in [-0.3, -0.25) is 4.98 Å². The third-order valence-corrected chi connectivity index (χ3v) is 6.00. The zero-order valence-corrected chi connectivity index (χ0v) is 16.3. The Morgan fingerprint density at radius 1 is 1.32 bits per heavy atom. The number of fused-ring (bicyclic) bond motifs is 3. The van der Waals surface area contributed by atoms with E-state index in [4.69, 9.17) is 9.72 Å². The van der Waals surface area contributed by atoms with Crippen LogP contribution in [0.25, 0.3) is 21.9 Å². The average molecular weight is 389 g/mol. The van der Waals surface area contributed by atoms with Crippen molar-refractivity contribution in [1.82, 2.24) is 19.5 Å². The van der Waals surface area contributed by atoms with E-state index >= 15 is 0 Å². The van der Waals surface area contributed by atoms with Crippen LogP contribution in [0.2, 0.25) is 0 Å². The van der Waals surface area contributed by atoms with E-state index < -0.39 is 0 Å². The summed E-state index contributed by atoms with van der Waals surface area (Å²) < 4.78 is 8.15. The second-order valence-electron chi connectivity index (χ2n) is 7.25. The van der Waals surface area contributed by atoms with E-state index in [1.165, 1.54) is 0 Å². The van der Waals surface area contributed by atoms with Gasteiger partial charge in [-0.2, -0.15) is 5.26 Å². The summed E-state index contributed by atoms with van der Waals surface area (Å²) in [7, 11) is 0. The lowest BCUT2D eigenvalue weighted by Gasteiger charge is -2.30. The Morgan fingerprint density at radius 2 is 2.25 bits per heavy atom. The van der Waals surface area contributed by atoms with Gasteiger partial charge in [-0.1, -0.05) is 0 Å². The maximum Gasteiger partial charge on any atom is 0.116 e. The molecule has 28 heavy (non-hydrogen) atoms. The smallest absolute Gasteiger partial charge is 0.116 e. The minimum Gasteiger partial charge on any atom is -0.378 e. The number of ether oxygens (including phenoxy) is 1. The van der Waals surface area contributed by atoms with Crippen molar-refractivity contribution in [3.05, 3.63) is 52.4 Å². The lowest BCUT2D eigenvalue weighted by Crippen LogP contribution is -2.26. The molecule has 0 aliphatic carbocycles. The highest BCUT2D eigenvalue weighted by atomic mass is 32.1. The van der Waals surface area contributed by atoms with Gasteiger partial charge in [-0.25, -0.2) is 9.97 Å². The van der Waals surface area contributed by atoms with Gasteiger partial charge in [0.15, 0.2) is 0 Å². The number of nitrogens with zero attached hydrogens (tertiary/aromatic N) is 5. The van der Waals surface area contributed by atoms with Crippen LogP contribution in [0.3, 0.4) is 0 Å². The molecular weight excluding hydrogens is 370 g/mol. The number of nitriles is 1. The van der Waals surface area contributed by atoms with E-state index in [0.717, 1.165) is 52.9 Å². The van der Waals surface area contributed by atoms with E-state index in [1.807, 2.05) is 29.9 Å². The van der Waals surface area contributed by atoms with Crippen molar-refractivity contribution < 1.29 is 4.74 Å². The number of pyridine rings is 1. The van der Waals surface area contributed by atoms with Gasteiger partial charge in [0.1, 0.15) is 11.3 Å². The summed E-state index contributed by atoms with van der Waals surface area (Å²) in [5, 5.41) is 12.4. The molecule has 1 aliphatic rings. The largest absolute Gasteiger partial charge is 0.378 e. The van der Waals surface area contributed by atoms with Gasteiger partial charge in [0.25, 0.3) is 0 Å². The lowest BCUT2D eigenvalue weighted by atomic mass is 10.0. The summed E-state index contributed by atoms with van der Waals surface area (Å²) in [6, 6.07) is 8.21. The fourth-order valence-electron chi connectivity index (χ4n) is 4.11. The van der Waals surface area contributed by atoms with Gasteiger partial charge in [-0.15, -0.1) is 11.3 Å². The number of aromatic nitrogens is 4. The molecule has 140 valence electrons. The Labute approximate surface area is 166 Å². The molecule has 0 unspecified atom stereocenters. The molecular formula is C21H19N5OS. The van der Waals surface area contributed by atoms with Crippen molar-refractivity contribution in [1.29, 1.82) is 5.26 Å². The first kappa shape index (κ1) is 17.3. The highest BCUT2D eigenvalue weighted by Crippen LogP contribution is 2.34. The molecule has 4 heterocycles. The summed E-state index contributed by atoms with van der Waals surface area (Å²) in [5.41, 5.74) is 6.33. The minimum atomic E-state index is 0.214. The average Bonchev–Trinajstić information content (AvgIpc) is 3.35. The SMILES string of the molecule is C[C@H]1C[C@@H](n2c(Cc3cscn3)nc3cnc4ccc(C#N)cc4c32)CCO1. The number of benzene rings is 1. The minimum absolute atomic E-state index is 0.214. The second kappa shape index (κ2) is 6.97. The summed E-state index contributed by atoms with van der Waals surface area (Å²) in [6.45, 7) is 2.87. The fourth-order valence-corrected chi connectivity index (χ4v) is 4.67. The molecule has 0 spiro atoms. The Morgan fingerprint density at radius 3 is 3.04 bits per heavy atom. The number of thiazole rings is 1. The number of rotatable bonds is 3. The monoisotopic (exact) mass is 389 g/mol. The van der Waals surface area contributed by atoms with Gasteiger partial charge in [0, 0.05) is 29.8 Å². The Kier molecular flexibility index (Phi) is 4.30. The van der Waals surface area contributed by atoms with Crippen LogP contribution in [0.1, 0.15) is 42.9 Å². The summed E-state index contributed by atoms with van der Waals surface area (Å²) >= 11 is 1.60. The molecule has 2 atom stereocenters. The van der Waals surface area contributed by atoms with E-state index in [9.17, 15) is 5.26 Å². The van der Waals surface area contributed by atoms with Gasteiger partial charge >= 0.3 is 0 Å². The van der Waals surface area contributed by atoms with E-state index in [0.29, 0.717) is 18.0 Å². The molecule has 1 aromatic carbocycles. The van der Waals surface area contributed by atoms with Crippen LogP contribution in [0.15, 0.2) is 35.3 Å². The third-order valence-electron chi connectivity index (χ3n) is 5.36. The molecule has 3 aromatic heterocycles. The normalized spacial score (nSPS) is 19.9. The third kappa shape index (κ3) is 2.95. The standard InChI is InChI=1S/C21H19N5OS/c1-13-6-16(4-5-27-13)26-20(8-15-11-28-12-24-15)25-19-10-23-18-3-2-14(9-22)7-17(18)21(19)26/h2-3,7,10-13,16H,4-6,8H2,1H3/t13-,16-/m0/s1. The summed E-state index contributed by atoms with van der Waals surface area (Å²) in [6.07, 6.45) is 4.63.